The van der Waals surface area contributed by atoms with Crippen LogP contribution in [0.5, 0.6) is 0 Å². The first-order valence-corrected chi connectivity index (χ1v) is 9.80. The van der Waals surface area contributed by atoms with Crippen LogP contribution in [-0.4, -0.2) is 46.8 Å². The van der Waals surface area contributed by atoms with Crippen LogP contribution in [0.15, 0.2) is 34.4 Å². The number of esters is 1. The van der Waals surface area contributed by atoms with E-state index < -0.39 is 17.9 Å². The maximum Gasteiger partial charge on any atom is 0.328 e. The van der Waals surface area contributed by atoms with E-state index in [1.54, 1.807) is 17.8 Å². The zero-order chi connectivity index (χ0) is 18.2. The third-order valence-corrected chi connectivity index (χ3v) is 4.90. The number of hydrogen-bond donors (Lipinski definition) is 1. The summed E-state index contributed by atoms with van der Waals surface area (Å²) in [4.78, 5) is 36.8. The highest BCUT2D eigenvalue weighted by Gasteiger charge is 2.21. The minimum atomic E-state index is -0.735. The number of amides is 1. The number of methoxy groups -OCH3 is 1. The predicted molar refractivity (Wildman–Crippen MR) is 98.8 cm³/mol. The van der Waals surface area contributed by atoms with Gasteiger partial charge in [-0.1, -0.05) is 6.07 Å². The van der Waals surface area contributed by atoms with Crippen LogP contribution in [0.2, 0.25) is 0 Å². The van der Waals surface area contributed by atoms with Crippen molar-refractivity contribution in [2.24, 2.45) is 0 Å². The normalized spacial score (nSPS) is 11.8. The maximum atomic E-state index is 12.2. The van der Waals surface area contributed by atoms with Crippen LogP contribution in [0.3, 0.4) is 0 Å². The fourth-order valence-corrected chi connectivity index (χ4v) is 3.28. The number of nitrogens with zero attached hydrogens (tertiary/aromatic N) is 2. The Balaban J connectivity index is 2.10. The van der Waals surface area contributed by atoms with Gasteiger partial charge in [-0.25, -0.2) is 9.48 Å². The summed E-state index contributed by atoms with van der Waals surface area (Å²) in [6.45, 7) is -0.259. The average Bonchev–Trinajstić information content (AvgIpc) is 3.14. The first kappa shape index (κ1) is 19.2. The molecule has 9 heteroatoms. The van der Waals surface area contributed by atoms with E-state index in [9.17, 15) is 14.4 Å². The molecule has 25 heavy (non-hydrogen) atoms. The highest BCUT2D eigenvalue weighted by atomic mass is 32.2. The highest BCUT2D eigenvalue weighted by molar-refractivity contribution is 7.98. The Morgan fingerprint density at radius 1 is 1.40 bits per heavy atom. The van der Waals surface area contributed by atoms with E-state index in [1.807, 2.05) is 23.8 Å². The van der Waals surface area contributed by atoms with Crippen LogP contribution in [0, 0.1) is 0 Å². The minimum absolute atomic E-state index is 0.259. The molecule has 1 unspecified atom stereocenters. The van der Waals surface area contributed by atoms with E-state index >= 15 is 0 Å². The number of nitrogens with one attached hydrogen (secondary N) is 1. The van der Waals surface area contributed by atoms with Gasteiger partial charge in [-0.3, -0.25) is 9.59 Å². The standard InChI is InChI=1S/C16H19N3O4S2/c1-23-16(22)12(7-9-24-2)17-14(20)10-19-15(21)6-5-11(18-19)13-4-3-8-25-13/h3-6,8,12H,7,9-10H2,1-2H3,(H,17,20). The fourth-order valence-electron chi connectivity index (χ4n) is 2.12. The van der Waals surface area contributed by atoms with Gasteiger partial charge in [0.1, 0.15) is 18.3 Å². The zero-order valence-corrected chi connectivity index (χ0v) is 15.6. The lowest BCUT2D eigenvalue weighted by Gasteiger charge is -2.16. The van der Waals surface area contributed by atoms with Crippen molar-refractivity contribution in [1.29, 1.82) is 0 Å². The van der Waals surface area contributed by atoms with Crippen molar-refractivity contribution in [2.45, 2.75) is 19.0 Å². The van der Waals surface area contributed by atoms with Crippen LogP contribution in [0.1, 0.15) is 6.42 Å². The third-order valence-electron chi connectivity index (χ3n) is 3.37. The zero-order valence-electron chi connectivity index (χ0n) is 13.9. The maximum absolute atomic E-state index is 12.2. The average molecular weight is 381 g/mol. The minimum Gasteiger partial charge on any atom is -0.467 e. The number of hydrogen-bond acceptors (Lipinski definition) is 7. The molecule has 0 spiro atoms. The third kappa shape index (κ3) is 5.43. The summed E-state index contributed by atoms with van der Waals surface area (Å²) in [6.07, 6.45) is 2.37. The van der Waals surface area contributed by atoms with Crippen LogP contribution in [-0.2, 0) is 20.9 Å². The van der Waals surface area contributed by atoms with Crippen molar-refractivity contribution in [3.8, 4) is 10.6 Å². The summed E-state index contributed by atoms with van der Waals surface area (Å²) in [5.41, 5.74) is 0.239. The van der Waals surface area contributed by atoms with Gasteiger partial charge in [0.2, 0.25) is 5.91 Å². The Bertz CT molecular complexity index is 774. The largest absolute Gasteiger partial charge is 0.467 e. The molecule has 0 saturated carbocycles. The number of thiophene rings is 1. The van der Waals surface area contributed by atoms with E-state index in [0.29, 0.717) is 17.9 Å². The molecule has 0 radical (unpaired) electrons. The van der Waals surface area contributed by atoms with Gasteiger partial charge >= 0.3 is 5.97 Å². The Hall–Kier alpha value is -2.13. The van der Waals surface area contributed by atoms with Gasteiger partial charge in [-0.2, -0.15) is 16.9 Å². The van der Waals surface area contributed by atoms with Gasteiger partial charge in [0.15, 0.2) is 0 Å². The first-order valence-electron chi connectivity index (χ1n) is 7.53. The molecule has 0 saturated heterocycles. The van der Waals surface area contributed by atoms with Crippen LogP contribution in [0.4, 0.5) is 0 Å². The summed E-state index contributed by atoms with van der Waals surface area (Å²) in [5, 5.41) is 8.74. The molecular weight excluding hydrogens is 362 g/mol. The molecule has 0 aliphatic rings. The topological polar surface area (TPSA) is 90.3 Å². The second-order valence-electron chi connectivity index (χ2n) is 5.12. The smallest absolute Gasteiger partial charge is 0.328 e. The molecule has 134 valence electrons. The molecule has 0 aliphatic heterocycles. The van der Waals surface area contributed by atoms with E-state index in [0.717, 1.165) is 9.56 Å². The van der Waals surface area contributed by atoms with E-state index in [4.69, 9.17) is 4.74 Å². The van der Waals surface area contributed by atoms with Gasteiger partial charge in [0.25, 0.3) is 5.56 Å². The molecule has 0 bridgehead atoms. The molecular formula is C16H19N3O4S2. The molecule has 2 aromatic rings. The second-order valence-corrected chi connectivity index (χ2v) is 7.05. The molecule has 0 fully saturated rings. The van der Waals surface area contributed by atoms with Crippen molar-refractivity contribution >= 4 is 35.0 Å². The summed E-state index contributed by atoms with van der Waals surface area (Å²) in [6, 6.07) is 6.04. The highest BCUT2D eigenvalue weighted by Crippen LogP contribution is 2.20. The molecule has 2 aromatic heterocycles. The molecule has 1 atom stereocenters. The summed E-state index contributed by atoms with van der Waals surface area (Å²) in [5.74, 6) is -0.268. The van der Waals surface area contributed by atoms with Crippen LogP contribution < -0.4 is 10.9 Å². The van der Waals surface area contributed by atoms with Crippen molar-refractivity contribution in [1.82, 2.24) is 15.1 Å². The summed E-state index contributed by atoms with van der Waals surface area (Å²) in [7, 11) is 1.27. The number of carbonyl (C=O) groups excluding carboxylic acids is 2. The first-order chi connectivity index (χ1) is 12.0. The molecule has 2 rings (SSSR count). The Morgan fingerprint density at radius 3 is 2.84 bits per heavy atom. The predicted octanol–water partition coefficient (Wildman–Crippen LogP) is 1.38. The van der Waals surface area contributed by atoms with Crippen molar-refractivity contribution in [3.05, 3.63) is 40.0 Å². The Kier molecular flexibility index (Phi) is 7.20. The van der Waals surface area contributed by atoms with E-state index in [1.165, 1.54) is 24.5 Å². The number of carbonyl (C=O) groups is 2. The fraction of sp³-hybridized carbons (Fsp3) is 0.375. The molecule has 1 N–H and O–H groups in total. The molecule has 1 amide bonds. The lowest BCUT2D eigenvalue weighted by molar-refractivity contribution is -0.145. The van der Waals surface area contributed by atoms with Gasteiger partial charge in [-0.15, -0.1) is 11.3 Å². The van der Waals surface area contributed by atoms with Crippen LogP contribution in [0.25, 0.3) is 10.6 Å². The second kappa shape index (κ2) is 9.38. The van der Waals surface area contributed by atoms with Crippen molar-refractivity contribution < 1.29 is 14.3 Å². The SMILES string of the molecule is COC(=O)C(CCSC)NC(=O)Cn1nc(-c2cccs2)ccc1=O. The molecule has 2 heterocycles. The van der Waals surface area contributed by atoms with E-state index in [2.05, 4.69) is 10.4 Å². The molecule has 0 aliphatic carbocycles. The van der Waals surface area contributed by atoms with Gasteiger partial charge in [-0.05, 0) is 35.9 Å². The Labute approximate surface area is 153 Å². The van der Waals surface area contributed by atoms with Gasteiger partial charge in [0.05, 0.1) is 12.0 Å². The quantitative estimate of drug-likeness (QED) is 0.695. The summed E-state index contributed by atoms with van der Waals surface area (Å²) >= 11 is 3.06. The summed E-state index contributed by atoms with van der Waals surface area (Å²) < 4.78 is 5.80. The van der Waals surface area contributed by atoms with Gasteiger partial charge in [0, 0.05) is 6.07 Å². The number of ether oxygens (including phenoxy) is 1. The lowest BCUT2D eigenvalue weighted by atomic mass is 10.2. The Morgan fingerprint density at radius 2 is 2.20 bits per heavy atom. The number of thioether (sulfide) groups is 1. The number of rotatable bonds is 8. The molecule has 0 aromatic carbocycles. The lowest BCUT2D eigenvalue weighted by Crippen LogP contribution is -2.44. The number of aromatic nitrogens is 2. The van der Waals surface area contributed by atoms with E-state index in [-0.39, 0.29) is 12.1 Å². The van der Waals surface area contributed by atoms with Crippen molar-refractivity contribution in [2.75, 3.05) is 19.1 Å². The van der Waals surface area contributed by atoms with Crippen LogP contribution >= 0.6 is 23.1 Å². The monoisotopic (exact) mass is 381 g/mol. The van der Waals surface area contributed by atoms with Gasteiger partial charge < -0.3 is 10.1 Å². The molecule has 7 nitrogen and oxygen atoms in total. The van der Waals surface area contributed by atoms with Crippen molar-refractivity contribution in [3.63, 3.8) is 0 Å².